The van der Waals surface area contributed by atoms with Gasteiger partial charge in [-0.05, 0) is 65.6 Å². The van der Waals surface area contributed by atoms with Crippen LogP contribution in [0.2, 0.25) is 0 Å². The summed E-state index contributed by atoms with van der Waals surface area (Å²) < 4.78 is 9.18. The number of rotatable bonds is 7. The van der Waals surface area contributed by atoms with Gasteiger partial charge >= 0.3 is 6.09 Å². The molecule has 0 aliphatic rings. The van der Waals surface area contributed by atoms with Crippen molar-refractivity contribution in [2.24, 2.45) is 0 Å². The molecule has 0 spiro atoms. The first kappa shape index (κ1) is 24.4. The number of alkyl carbamates (subject to hydrolysis) is 1. The van der Waals surface area contributed by atoms with E-state index in [1.807, 2.05) is 93.9 Å². The highest BCUT2D eigenvalue weighted by molar-refractivity contribution is 5.95. The minimum absolute atomic E-state index is 0.206. The number of benzene rings is 1. The summed E-state index contributed by atoms with van der Waals surface area (Å²) in [7, 11) is 4.08. The standard InChI is InChI=1S/C26H33N7O2/c1-18-7-9-20(10-8-18)33-24-23(22(30-33)16-28-25(34)35-26(2,3)4)21(11-12-27-24)19-15-29-32(17-19)14-13-31(5)6/h7-12,15,17H,13-14,16H2,1-6H3,(H,28,34). The molecule has 1 N–H and O–H groups in total. The number of pyridine rings is 1. The average Bonchev–Trinajstić information content (AvgIpc) is 3.41. The molecule has 1 amide bonds. The lowest BCUT2D eigenvalue weighted by Crippen LogP contribution is -2.32. The van der Waals surface area contributed by atoms with E-state index < -0.39 is 11.7 Å². The molecule has 0 unspecified atom stereocenters. The van der Waals surface area contributed by atoms with Gasteiger partial charge in [-0.15, -0.1) is 0 Å². The highest BCUT2D eigenvalue weighted by Crippen LogP contribution is 2.31. The highest BCUT2D eigenvalue weighted by Gasteiger charge is 2.21. The first-order valence-electron chi connectivity index (χ1n) is 11.7. The van der Waals surface area contributed by atoms with Gasteiger partial charge in [-0.2, -0.15) is 10.2 Å². The van der Waals surface area contributed by atoms with Crippen LogP contribution in [0.15, 0.2) is 48.9 Å². The quantitative estimate of drug-likeness (QED) is 0.431. The fourth-order valence-electron chi connectivity index (χ4n) is 3.74. The molecule has 9 nitrogen and oxygen atoms in total. The van der Waals surface area contributed by atoms with Crippen LogP contribution >= 0.6 is 0 Å². The van der Waals surface area contributed by atoms with Crippen molar-refractivity contribution in [3.63, 3.8) is 0 Å². The van der Waals surface area contributed by atoms with E-state index in [-0.39, 0.29) is 6.54 Å². The van der Waals surface area contributed by atoms with E-state index in [1.54, 1.807) is 6.20 Å². The molecule has 0 saturated carbocycles. The van der Waals surface area contributed by atoms with Gasteiger partial charge < -0.3 is 15.0 Å². The van der Waals surface area contributed by atoms with Crippen molar-refractivity contribution in [3.05, 3.63) is 60.2 Å². The number of aromatic nitrogens is 5. The van der Waals surface area contributed by atoms with Crippen LogP contribution in [0.1, 0.15) is 32.0 Å². The summed E-state index contributed by atoms with van der Waals surface area (Å²) in [6.45, 7) is 9.45. The zero-order valence-corrected chi connectivity index (χ0v) is 21.2. The Hall–Kier alpha value is -3.72. The summed E-state index contributed by atoms with van der Waals surface area (Å²) in [6, 6.07) is 10.1. The van der Waals surface area contributed by atoms with Crippen LogP contribution in [0.25, 0.3) is 27.8 Å². The molecular formula is C26H33N7O2. The van der Waals surface area contributed by atoms with Crippen molar-refractivity contribution >= 4 is 17.1 Å². The second-order valence-electron chi connectivity index (χ2n) is 9.90. The van der Waals surface area contributed by atoms with Gasteiger partial charge in [0.2, 0.25) is 0 Å². The van der Waals surface area contributed by atoms with Crippen LogP contribution in [0.5, 0.6) is 0 Å². The molecule has 9 heteroatoms. The molecule has 4 aromatic rings. The predicted molar refractivity (Wildman–Crippen MR) is 136 cm³/mol. The molecule has 184 valence electrons. The van der Waals surface area contributed by atoms with E-state index in [0.717, 1.165) is 40.9 Å². The number of likely N-dealkylation sites (N-methyl/N-ethyl adjacent to an activating group) is 1. The van der Waals surface area contributed by atoms with Crippen molar-refractivity contribution in [1.29, 1.82) is 0 Å². The van der Waals surface area contributed by atoms with Crippen molar-refractivity contribution in [1.82, 2.24) is 34.8 Å². The number of hydrogen-bond donors (Lipinski definition) is 1. The Labute approximate surface area is 205 Å². The smallest absolute Gasteiger partial charge is 0.407 e. The van der Waals surface area contributed by atoms with Crippen LogP contribution in [0, 0.1) is 6.92 Å². The number of amides is 1. The molecule has 0 fully saturated rings. The lowest BCUT2D eigenvalue weighted by molar-refractivity contribution is 0.0523. The normalized spacial score (nSPS) is 11.9. The summed E-state index contributed by atoms with van der Waals surface area (Å²) in [4.78, 5) is 19.2. The largest absolute Gasteiger partial charge is 0.444 e. The molecule has 0 atom stereocenters. The highest BCUT2D eigenvalue weighted by atomic mass is 16.6. The molecule has 0 saturated heterocycles. The molecular weight excluding hydrogens is 442 g/mol. The van der Waals surface area contributed by atoms with Crippen molar-refractivity contribution in [3.8, 4) is 16.8 Å². The van der Waals surface area contributed by atoms with Crippen LogP contribution in [0.4, 0.5) is 4.79 Å². The zero-order chi connectivity index (χ0) is 25.2. The van der Waals surface area contributed by atoms with Crippen molar-refractivity contribution in [2.45, 2.75) is 46.4 Å². The SMILES string of the molecule is Cc1ccc(-n2nc(CNC(=O)OC(C)(C)C)c3c(-c4cnn(CCN(C)C)c4)ccnc32)cc1. The third-order valence-electron chi connectivity index (χ3n) is 5.44. The van der Waals surface area contributed by atoms with E-state index in [9.17, 15) is 4.79 Å². The third-order valence-corrected chi connectivity index (χ3v) is 5.44. The maximum Gasteiger partial charge on any atom is 0.407 e. The van der Waals surface area contributed by atoms with Gasteiger partial charge in [0.15, 0.2) is 5.65 Å². The van der Waals surface area contributed by atoms with Crippen LogP contribution in [0.3, 0.4) is 0 Å². The molecule has 3 heterocycles. The summed E-state index contributed by atoms with van der Waals surface area (Å²) in [5, 5.41) is 13.1. The summed E-state index contributed by atoms with van der Waals surface area (Å²) in [5.41, 5.74) is 4.83. The van der Waals surface area contributed by atoms with Crippen LogP contribution in [-0.2, 0) is 17.8 Å². The second-order valence-corrected chi connectivity index (χ2v) is 9.90. The average molecular weight is 476 g/mol. The van der Waals surface area contributed by atoms with E-state index in [4.69, 9.17) is 9.84 Å². The van der Waals surface area contributed by atoms with E-state index >= 15 is 0 Å². The Morgan fingerprint density at radius 3 is 2.57 bits per heavy atom. The fraction of sp³-hybridized carbons (Fsp3) is 0.385. The Morgan fingerprint density at radius 2 is 1.89 bits per heavy atom. The predicted octanol–water partition coefficient (Wildman–Crippen LogP) is 4.18. The Morgan fingerprint density at radius 1 is 1.14 bits per heavy atom. The van der Waals surface area contributed by atoms with Gasteiger partial charge in [0, 0.05) is 24.5 Å². The number of carbonyl (C=O) groups is 1. The van der Waals surface area contributed by atoms with Gasteiger partial charge in [0.25, 0.3) is 0 Å². The molecule has 0 radical (unpaired) electrons. The minimum atomic E-state index is -0.582. The lowest BCUT2D eigenvalue weighted by atomic mass is 10.1. The molecule has 0 bridgehead atoms. The monoisotopic (exact) mass is 475 g/mol. The van der Waals surface area contributed by atoms with E-state index in [2.05, 4.69) is 20.3 Å². The Kier molecular flexibility index (Phi) is 6.88. The zero-order valence-electron chi connectivity index (χ0n) is 21.2. The number of nitrogens with zero attached hydrogens (tertiary/aromatic N) is 6. The fourth-order valence-corrected chi connectivity index (χ4v) is 3.74. The number of aryl methyl sites for hydroxylation is 1. The maximum atomic E-state index is 12.4. The molecule has 4 rings (SSSR count). The van der Waals surface area contributed by atoms with Crippen LogP contribution < -0.4 is 5.32 Å². The second kappa shape index (κ2) is 9.87. The summed E-state index contributed by atoms with van der Waals surface area (Å²) >= 11 is 0. The molecule has 35 heavy (non-hydrogen) atoms. The number of hydrogen-bond acceptors (Lipinski definition) is 6. The number of carbonyl (C=O) groups excluding carboxylic acids is 1. The molecule has 0 aliphatic carbocycles. The first-order chi connectivity index (χ1) is 16.6. The lowest BCUT2D eigenvalue weighted by Gasteiger charge is -2.19. The number of fused-ring (bicyclic) bond motifs is 1. The summed E-state index contributed by atoms with van der Waals surface area (Å²) in [5.74, 6) is 0. The van der Waals surface area contributed by atoms with Crippen LogP contribution in [-0.4, -0.2) is 61.8 Å². The minimum Gasteiger partial charge on any atom is -0.444 e. The van der Waals surface area contributed by atoms with Gasteiger partial charge in [0.1, 0.15) is 5.60 Å². The number of ether oxygens (including phenoxy) is 1. The molecule has 0 aliphatic heterocycles. The maximum absolute atomic E-state index is 12.4. The van der Waals surface area contributed by atoms with Crippen molar-refractivity contribution in [2.75, 3.05) is 20.6 Å². The number of nitrogens with one attached hydrogen (secondary N) is 1. The van der Waals surface area contributed by atoms with Gasteiger partial charge in [-0.1, -0.05) is 17.7 Å². The topological polar surface area (TPSA) is 90.1 Å². The third kappa shape index (κ3) is 5.86. The molecule has 1 aromatic carbocycles. The molecule has 3 aromatic heterocycles. The first-order valence-corrected chi connectivity index (χ1v) is 11.7. The summed E-state index contributed by atoms with van der Waals surface area (Å²) in [6.07, 6.45) is 5.19. The van der Waals surface area contributed by atoms with E-state index in [0.29, 0.717) is 11.3 Å². The van der Waals surface area contributed by atoms with E-state index in [1.165, 1.54) is 0 Å². The Balaban J connectivity index is 1.76. The van der Waals surface area contributed by atoms with Gasteiger partial charge in [-0.3, -0.25) is 4.68 Å². The Bertz CT molecular complexity index is 1310. The van der Waals surface area contributed by atoms with Gasteiger partial charge in [0.05, 0.1) is 36.1 Å². The van der Waals surface area contributed by atoms with Gasteiger partial charge in [-0.25, -0.2) is 14.5 Å². The van der Waals surface area contributed by atoms with Crippen molar-refractivity contribution < 1.29 is 9.53 Å².